The molecule has 0 bridgehead atoms. The Balaban J connectivity index is 1.60. The summed E-state index contributed by atoms with van der Waals surface area (Å²) in [5, 5.41) is 5.34. The lowest BCUT2D eigenvalue weighted by Gasteiger charge is -2.45. The Morgan fingerprint density at radius 3 is 2.81 bits per heavy atom. The number of aromatic nitrogens is 1. The molecule has 1 aliphatic heterocycles. The molecule has 1 fully saturated rings. The van der Waals surface area contributed by atoms with E-state index in [0.29, 0.717) is 29.6 Å². The van der Waals surface area contributed by atoms with Crippen molar-refractivity contribution in [2.75, 3.05) is 12.0 Å². The summed E-state index contributed by atoms with van der Waals surface area (Å²) in [5.74, 6) is 0.824. The number of hydrogen-bond donors (Lipinski definition) is 1. The number of hydrogen-bond acceptors (Lipinski definition) is 4. The topological polar surface area (TPSA) is 63.6 Å². The summed E-state index contributed by atoms with van der Waals surface area (Å²) in [5.41, 5.74) is 1.22. The molecule has 32 heavy (non-hydrogen) atoms. The SMILES string of the molecule is COc1cccc(N2C(=O)c3cc4sccc4n3C[C@]2(C)C(=O)N[C@H]2CCCC[C@@H]2C)c1. The van der Waals surface area contributed by atoms with E-state index in [1.807, 2.05) is 53.3 Å². The van der Waals surface area contributed by atoms with E-state index in [9.17, 15) is 9.59 Å². The Hall–Kier alpha value is -2.80. The first kappa shape index (κ1) is 21.1. The van der Waals surface area contributed by atoms with E-state index >= 15 is 0 Å². The van der Waals surface area contributed by atoms with E-state index in [2.05, 4.69) is 12.2 Å². The summed E-state index contributed by atoms with van der Waals surface area (Å²) >= 11 is 1.61. The van der Waals surface area contributed by atoms with Crippen LogP contribution in [0.15, 0.2) is 41.8 Å². The summed E-state index contributed by atoms with van der Waals surface area (Å²) in [7, 11) is 1.60. The molecule has 0 saturated heterocycles. The third kappa shape index (κ3) is 3.30. The second-order valence-electron chi connectivity index (χ2n) is 9.24. The van der Waals surface area contributed by atoms with Crippen LogP contribution in [0.2, 0.25) is 0 Å². The molecule has 1 aromatic carbocycles. The van der Waals surface area contributed by atoms with Crippen molar-refractivity contribution in [3.63, 3.8) is 0 Å². The quantitative estimate of drug-likeness (QED) is 0.618. The van der Waals surface area contributed by atoms with Crippen molar-refractivity contribution in [2.24, 2.45) is 5.92 Å². The number of benzene rings is 1. The minimum absolute atomic E-state index is 0.102. The van der Waals surface area contributed by atoms with Crippen molar-refractivity contribution in [3.05, 3.63) is 47.5 Å². The largest absolute Gasteiger partial charge is 0.497 e. The molecule has 0 unspecified atom stereocenters. The van der Waals surface area contributed by atoms with Crippen LogP contribution in [0, 0.1) is 5.92 Å². The number of methoxy groups -OCH3 is 1. The van der Waals surface area contributed by atoms with Gasteiger partial charge in [0.05, 0.1) is 23.9 Å². The van der Waals surface area contributed by atoms with Crippen LogP contribution < -0.4 is 15.0 Å². The maximum absolute atomic E-state index is 13.9. The smallest absolute Gasteiger partial charge is 0.275 e. The lowest BCUT2D eigenvalue weighted by Crippen LogP contribution is -2.65. The van der Waals surface area contributed by atoms with Gasteiger partial charge in [0.15, 0.2) is 0 Å². The number of fused-ring (bicyclic) bond motifs is 3. The predicted molar refractivity (Wildman–Crippen MR) is 128 cm³/mol. The van der Waals surface area contributed by atoms with Crippen LogP contribution in [0.3, 0.4) is 0 Å². The molecule has 2 amide bonds. The zero-order chi connectivity index (χ0) is 22.5. The molecule has 3 aromatic rings. The van der Waals surface area contributed by atoms with Crippen LogP contribution in [-0.4, -0.2) is 35.1 Å². The molecule has 5 rings (SSSR count). The number of ether oxygens (including phenoxy) is 1. The lowest BCUT2D eigenvalue weighted by molar-refractivity contribution is -0.127. The van der Waals surface area contributed by atoms with Crippen molar-refractivity contribution in [3.8, 4) is 5.75 Å². The molecule has 3 atom stereocenters. The Kier molecular flexibility index (Phi) is 5.24. The van der Waals surface area contributed by atoms with Crippen molar-refractivity contribution < 1.29 is 14.3 Å². The molecule has 7 heteroatoms. The Morgan fingerprint density at radius 1 is 1.22 bits per heavy atom. The first-order valence-electron chi connectivity index (χ1n) is 11.3. The average molecular weight is 452 g/mol. The van der Waals surface area contributed by atoms with Gasteiger partial charge < -0.3 is 14.6 Å². The van der Waals surface area contributed by atoms with E-state index < -0.39 is 5.54 Å². The number of nitrogens with one attached hydrogen (secondary N) is 1. The number of amides is 2. The molecule has 2 aromatic heterocycles. The van der Waals surface area contributed by atoms with Gasteiger partial charge in [-0.1, -0.05) is 25.8 Å². The summed E-state index contributed by atoms with van der Waals surface area (Å²) in [6, 6.07) is 11.5. The second kappa shape index (κ2) is 7.96. The summed E-state index contributed by atoms with van der Waals surface area (Å²) in [4.78, 5) is 29.4. The van der Waals surface area contributed by atoms with Crippen LogP contribution >= 0.6 is 11.3 Å². The van der Waals surface area contributed by atoms with Gasteiger partial charge in [0.2, 0.25) is 5.91 Å². The molecule has 1 N–H and O–H groups in total. The van der Waals surface area contributed by atoms with E-state index in [0.717, 1.165) is 29.5 Å². The van der Waals surface area contributed by atoms with Gasteiger partial charge in [-0.05, 0) is 55.3 Å². The number of carbonyl (C=O) groups is 2. The van der Waals surface area contributed by atoms with Gasteiger partial charge in [0.25, 0.3) is 5.91 Å². The normalized spacial score (nSPS) is 25.6. The molecule has 0 radical (unpaired) electrons. The Bertz CT molecular complexity index is 1180. The molecular formula is C25H29N3O3S. The maximum Gasteiger partial charge on any atom is 0.275 e. The van der Waals surface area contributed by atoms with Crippen LogP contribution in [0.25, 0.3) is 10.2 Å². The zero-order valence-electron chi connectivity index (χ0n) is 18.8. The third-order valence-corrected chi connectivity index (χ3v) is 7.99. The Morgan fingerprint density at radius 2 is 2.03 bits per heavy atom. The van der Waals surface area contributed by atoms with E-state index in [1.165, 1.54) is 6.42 Å². The van der Waals surface area contributed by atoms with E-state index in [-0.39, 0.29) is 17.9 Å². The highest BCUT2D eigenvalue weighted by Crippen LogP contribution is 2.38. The molecule has 1 aliphatic carbocycles. The highest BCUT2D eigenvalue weighted by molar-refractivity contribution is 7.17. The molecule has 168 valence electrons. The average Bonchev–Trinajstić information content (AvgIpc) is 3.38. The van der Waals surface area contributed by atoms with Gasteiger partial charge in [0.1, 0.15) is 17.0 Å². The summed E-state index contributed by atoms with van der Waals surface area (Å²) in [6.45, 7) is 4.49. The predicted octanol–water partition coefficient (Wildman–Crippen LogP) is 4.83. The monoisotopic (exact) mass is 451 g/mol. The molecule has 1 saturated carbocycles. The molecule has 2 aliphatic rings. The number of thiophene rings is 1. The van der Waals surface area contributed by atoms with Crippen molar-refractivity contribution in [1.29, 1.82) is 0 Å². The maximum atomic E-state index is 13.9. The number of nitrogens with zero attached hydrogens (tertiary/aromatic N) is 2. The molecular weight excluding hydrogens is 422 g/mol. The summed E-state index contributed by atoms with van der Waals surface area (Å²) in [6.07, 6.45) is 4.45. The van der Waals surface area contributed by atoms with E-state index in [1.54, 1.807) is 23.3 Å². The van der Waals surface area contributed by atoms with Gasteiger partial charge in [-0.25, -0.2) is 0 Å². The standard InChI is InChI=1S/C25H29N3O3S/c1-16-7-4-5-10-19(16)26-24(30)25(2)15-27-20-11-12-32-22(20)14-21(27)23(29)28(25)17-8-6-9-18(13-17)31-3/h6,8-9,11-14,16,19H,4-5,7,10,15H2,1-3H3,(H,26,30)/t16-,19-,25+/m0/s1. The fraction of sp³-hybridized carbons (Fsp3) is 0.440. The number of anilines is 1. The lowest BCUT2D eigenvalue weighted by atomic mass is 9.84. The highest BCUT2D eigenvalue weighted by Gasteiger charge is 2.49. The molecule has 6 nitrogen and oxygen atoms in total. The Labute approximate surface area is 192 Å². The van der Waals surface area contributed by atoms with Gasteiger partial charge in [0, 0.05) is 17.8 Å². The summed E-state index contributed by atoms with van der Waals surface area (Å²) < 4.78 is 8.48. The van der Waals surface area contributed by atoms with Gasteiger partial charge in [-0.2, -0.15) is 0 Å². The second-order valence-corrected chi connectivity index (χ2v) is 10.2. The van der Waals surface area contributed by atoms with Crippen molar-refractivity contribution in [1.82, 2.24) is 9.88 Å². The van der Waals surface area contributed by atoms with Crippen molar-refractivity contribution >= 4 is 39.1 Å². The van der Waals surface area contributed by atoms with Crippen LogP contribution in [0.5, 0.6) is 5.75 Å². The van der Waals surface area contributed by atoms with Crippen LogP contribution in [0.4, 0.5) is 5.69 Å². The van der Waals surface area contributed by atoms with Gasteiger partial charge >= 0.3 is 0 Å². The highest BCUT2D eigenvalue weighted by atomic mass is 32.1. The zero-order valence-corrected chi connectivity index (χ0v) is 19.6. The first-order valence-corrected chi connectivity index (χ1v) is 12.2. The number of carbonyl (C=O) groups excluding carboxylic acids is 2. The fourth-order valence-corrected chi connectivity index (χ4v) is 6.04. The van der Waals surface area contributed by atoms with Crippen LogP contribution in [-0.2, 0) is 11.3 Å². The van der Waals surface area contributed by atoms with Gasteiger partial charge in [-0.3, -0.25) is 14.5 Å². The number of rotatable bonds is 4. The van der Waals surface area contributed by atoms with E-state index in [4.69, 9.17) is 4.74 Å². The minimum Gasteiger partial charge on any atom is -0.497 e. The fourth-order valence-electron chi connectivity index (χ4n) is 5.22. The minimum atomic E-state index is -1.07. The van der Waals surface area contributed by atoms with Crippen LogP contribution in [0.1, 0.15) is 50.0 Å². The third-order valence-electron chi connectivity index (χ3n) is 7.13. The molecule has 0 spiro atoms. The molecule has 3 heterocycles. The first-order chi connectivity index (χ1) is 15.4. The van der Waals surface area contributed by atoms with Gasteiger partial charge in [-0.15, -0.1) is 11.3 Å². The van der Waals surface area contributed by atoms with Crippen molar-refractivity contribution in [2.45, 2.75) is 57.7 Å².